The van der Waals surface area contributed by atoms with Crippen LogP contribution in [0.2, 0.25) is 0 Å². The van der Waals surface area contributed by atoms with Gasteiger partial charge in [-0.1, -0.05) is 96.9 Å². The van der Waals surface area contributed by atoms with E-state index in [2.05, 4.69) is 168 Å². The lowest BCUT2D eigenvalue weighted by atomic mass is 9.40. The quantitative estimate of drug-likeness (QED) is 0.0920. The first-order valence-electron chi connectivity index (χ1n) is 19.7. The van der Waals surface area contributed by atoms with E-state index >= 15 is 0 Å². The highest BCUT2D eigenvalue weighted by atomic mass is 16.5. The van der Waals surface area contributed by atoms with Gasteiger partial charge in [-0.15, -0.1) is 0 Å². The standard InChI is InChI=1S/C36H65N4O2.C8H18O2/c1-18-42-29(41)36(16,34(12,13)32(8,9)24-27(31(5,6)7)39-20-19-37-25-39)35(14,15)33(10,11)28(23-30(2,3)4)40-22-21-38(17)26-40;1-5-10-7-6-8(2,3)9-4/h19-22,25-28H,18,23-24H2,1-17H3;5-7H2,1-4H3/q+1;. The molecule has 0 saturated heterocycles. The van der Waals surface area contributed by atoms with Gasteiger partial charge in [0.25, 0.3) is 0 Å². The van der Waals surface area contributed by atoms with E-state index < -0.39 is 16.2 Å². The largest absolute Gasteiger partial charge is 0.466 e. The molecule has 0 aliphatic rings. The van der Waals surface area contributed by atoms with Crippen molar-refractivity contribution in [2.24, 2.45) is 45.0 Å². The lowest BCUT2D eigenvalue weighted by molar-refractivity contribution is -0.671. The molecule has 2 aromatic heterocycles. The van der Waals surface area contributed by atoms with Gasteiger partial charge >= 0.3 is 5.97 Å². The second kappa shape index (κ2) is 17.5. The molecule has 0 spiro atoms. The minimum atomic E-state index is -0.828. The molecule has 0 aliphatic carbocycles. The average molecular weight is 732 g/mol. The zero-order valence-corrected chi connectivity index (χ0v) is 37.8. The monoisotopic (exact) mass is 732 g/mol. The van der Waals surface area contributed by atoms with Crippen LogP contribution < -0.4 is 4.57 Å². The van der Waals surface area contributed by atoms with Crippen molar-refractivity contribution in [2.75, 3.05) is 26.9 Å². The van der Waals surface area contributed by atoms with E-state index in [-0.39, 0.29) is 45.3 Å². The van der Waals surface area contributed by atoms with Crippen molar-refractivity contribution in [1.29, 1.82) is 0 Å². The minimum Gasteiger partial charge on any atom is -0.466 e. The fourth-order valence-corrected chi connectivity index (χ4v) is 7.89. The topological polar surface area (TPSA) is 71.4 Å². The summed E-state index contributed by atoms with van der Waals surface area (Å²) in [6, 6.07) is 0.375. The molecule has 0 bridgehead atoms. The summed E-state index contributed by atoms with van der Waals surface area (Å²) in [5.41, 5.74) is -2.23. The Bertz CT molecular complexity index is 1360. The van der Waals surface area contributed by atoms with Crippen LogP contribution in [-0.4, -0.2) is 52.6 Å². The molecule has 0 N–H and O–H groups in total. The molecule has 8 nitrogen and oxygen atoms in total. The van der Waals surface area contributed by atoms with E-state index in [0.29, 0.717) is 6.61 Å². The second-order valence-corrected chi connectivity index (χ2v) is 20.5. The Morgan fingerprint density at radius 2 is 1.35 bits per heavy atom. The van der Waals surface area contributed by atoms with Crippen molar-refractivity contribution in [1.82, 2.24) is 14.1 Å². The molecule has 3 unspecified atom stereocenters. The summed E-state index contributed by atoms with van der Waals surface area (Å²) >= 11 is 0. The zero-order chi connectivity index (χ0) is 40.8. The first kappa shape index (κ1) is 47.8. The van der Waals surface area contributed by atoms with E-state index in [0.717, 1.165) is 32.5 Å². The average Bonchev–Trinajstić information content (AvgIpc) is 3.69. The zero-order valence-electron chi connectivity index (χ0n) is 37.8. The van der Waals surface area contributed by atoms with E-state index in [1.54, 1.807) is 7.11 Å². The van der Waals surface area contributed by atoms with E-state index in [1.165, 1.54) is 0 Å². The van der Waals surface area contributed by atoms with Crippen LogP contribution >= 0.6 is 0 Å². The lowest BCUT2D eigenvalue weighted by Crippen LogP contribution is -2.63. The number of hydrogen-bond donors (Lipinski definition) is 0. The Hall–Kier alpha value is -2.19. The molecule has 0 amide bonds. The number of methoxy groups -OCH3 is 1. The molecule has 0 radical (unpaired) electrons. The van der Waals surface area contributed by atoms with Gasteiger partial charge < -0.3 is 18.8 Å². The number of imidazole rings is 2. The molecule has 3 atom stereocenters. The molecular weight excluding hydrogens is 649 g/mol. The minimum absolute atomic E-state index is 0.00488. The molecule has 2 heterocycles. The normalized spacial score (nSPS) is 16.1. The van der Waals surface area contributed by atoms with Crippen LogP contribution in [0, 0.1) is 37.9 Å². The van der Waals surface area contributed by atoms with Crippen molar-refractivity contribution in [3.05, 3.63) is 37.4 Å². The Balaban J connectivity index is 0.00000117. The molecule has 8 heteroatoms. The van der Waals surface area contributed by atoms with Crippen molar-refractivity contribution >= 4 is 5.97 Å². The number of nitrogens with zero attached hydrogens (tertiary/aromatic N) is 4. The van der Waals surface area contributed by atoms with Gasteiger partial charge in [0.05, 0.1) is 31.0 Å². The van der Waals surface area contributed by atoms with E-state index in [1.807, 2.05) is 26.4 Å². The number of carbonyl (C=O) groups excluding carboxylic acids is 1. The molecule has 0 saturated carbocycles. The highest BCUT2D eigenvalue weighted by Gasteiger charge is 2.68. The summed E-state index contributed by atoms with van der Waals surface area (Å²) in [7, 11) is 3.80. The Kier molecular flexibility index (Phi) is 16.1. The van der Waals surface area contributed by atoms with Crippen molar-refractivity contribution < 1.29 is 23.6 Å². The Morgan fingerprint density at radius 3 is 1.75 bits per heavy atom. The highest BCUT2D eigenvalue weighted by molar-refractivity contribution is 5.79. The van der Waals surface area contributed by atoms with Crippen LogP contribution in [0.4, 0.5) is 0 Å². The fraction of sp³-hybridized carbons (Fsp3) is 0.841. The maximum absolute atomic E-state index is 14.6. The van der Waals surface area contributed by atoms with Gasteiger partial charge in [-0.3, -0.25) is 4.79 Å². The van der Waals surface area contributed by atoms with E-state index in [4.69, 9.17) is 14.2 Å². The lowest BCUT2D eigenvalue weighted by Gasteiger charge is -2.63. The van der Waals surface area contributed by atoms with Crippen molar-refractivity contribution in [3.63, 3.8) is 0 Å². The summed E-state index contributed by atoms with van der Waals surface area (Å²) < 4.78 is 23.2. The van der Waals surface area contributed by atoms with Crippen molar-refractivity contribution in [3.8, 4) is 0 Å². The number of carbonyl (C=O) groups is 1. The number of hydrogen-bond acceptors (Lipinski definition) is 5. The summed E-state index contributed by atoms with van der Waals surface area (Å²) in [4.78, 5) is 18.9. The van der Waals surface area contributed by atoms with Crippen LogP contribution in [0.3, 0.4) is 0 Å². The van der Waals surface area contributed by atoms with E-state index in [9.17, 15) is 4.79 Å². The van der Waals surface area contributed by atoms with Gasteiger partial charge in [0.2, 0.25) is 6.33 Å². The van der Waals surface area contributed by atoms with Crippen LogP contribution in [0.25, 0.3) is 0 Å². The third-order valence-electron chi connectivity index (χ3n) is 13.5. The first-order valence-corrected chi connectivity index (χ1v) is 19.7. The number of esters is 1. The van der Waals surface area contributed by atoms with Crippen LogP contribution in [0.15, 0.2) is 37.4 Å². The predicted octanol–water partition coefficient (Wildman–Crippen LogP) is 10.7. The SMILES string of the molecule is CCOC(=O)C(C)(C(C)(C)C(C)(C)CC(n1ccnc1)C(C)(C)C)C(C)(C)C(C)(C)C(CC(C)(C)C)n1cc[n+](C)c1.CCOCCC(C)(C)OC. The molecule has 0 fully saturated rings. The molecule has 0 aliphatic heterocycles. The highest BCUT2D eigenvalue weighted by Crippen LogP contribution is 2.68. The fourth-order valence-electron chi connectivity index (χ4n) is 7.89. The van der Waals surface area contributed by atoms with Crippen LogP contribution in [-0.2, 0) is 26.1 Å². The Labute approximate surface area is 320 Å². The van der Waals surface area contributed by atoms with Crippen LogP contribution in [0.5, 0.6) is 0 Å². The van der Waals surface area contributed by atoms with Gasteiger partial charge in [0, 0.05) is 44.2 Å². The maximum Gasteiger partial charge on any atom is 0.312 e. The second-order valence-electron chi connectivity index (χ2n) is 20.5. The van der Waals surface area contributed by atoms with Crippen molar-refractivity contribution in [2.45, 2.75) is 168 Å². The Morgan fingerprint density at radius 1 is 0.769 bits per heavy atom. The summed E-state index contributed by atoms with van der Waals surface area (Å²) in [5.74, 6) is -0.108. The third-order valence-corrected chi connectivity index (χ3v) is 13.5. The molecular formula is C44H83N4O4+. The summed E-state index contributed by atoms with van der Waals surface area (Å²) in [6.45, 7) is 44.7. The maximum atomic E-state index is 14.6. The molecule has 302 valence electrons. The molecule has 2 rings (SSSR count). The summed E-state index contributed by atoms with van der Waals surface area (Å²) in [6.07, 6.45) is 15.2. The van der Waals surface area contributed by atoms with Gasteiger partial charge in [-0.25, -0.2) is 14.1 Å². The predicted molar refractivity (Wildman–Crippen MR) is 216 cm³/mol. The number of ether oxygens (including phenoxy) is 3. The van der Waals surface area contributed by atoms with Gasteiger partial charge in [-0.2, -0.15) is 0 Å². The van der Waals surface area contributed by atoms with Crippen LogP contribution in [0.1, 0.15) is 163 Å². The third kappa shape index (κ3) is 11.0. The van der Waals surface area contributed by atoms with Gasteiger partial charge in [0.15, 0.2) is 0 Å². The smallest absolute Gasteiger partial charge is 0.312 e. The molecule has 2 aromatic rings. The summed E-state index contributed by atoms with van der Waals surface area (Å²) in [5, 5.41) is 0. The van der Waals surface area contributed by atoms with Gasteiger partial charge in [-0.05, 0) is 81.0 Å². The molecule has 52 heavy (non-hydrogen) atoms. The number of rotatable bonds is 17. The number of aromatic nitrogens is 4. The van der Waals surface area contributed by atoms with Gasteiger partial charge in [0.1, 0.15) is 18.4 Å². The molecule has 0 aromatic carbocycles. The first-order chi connectivity index (χ1) is 23.4. The number of aryl methyl sites for hydroxylation is 1.